The molecular formula is C12H19ClN2O. The lowest BCUT2D eigenvalue weighted by molar-refractivity contribution is 0.397. The van der Waals surface area contributed by atoms with Crippen molar-refractivity contribution in [2.24, 2.45) is 0 Å². The second kappa shape index (κ2) is 6.59. The highest BCUT2D eigenvalue weighted by molar-refractivity contribution is 6.17. The van der Waals surface area contributed by atoms with E-state index in [0.717, 1.165) is 18.7 Å². The molecule has 0 aromatic carbocycles. The van der Waals surface area contributed by atoms with Crippen LogP contribution in [0.25, 0.3) is 0 Å². The summed E-state index contributed by atoms with van der Waals surface area (Å²) in [4.78, 5) is 6.40. The van der Waals surface area contributed by atoms with Gasteiger partial charge in [-0.25, -0.2) is 4.98 Å². The molecule has 0 atom stereocenters. The lowest BCUT2D eigenvalue weighted by atomic mass is 10.2. The van der Waals surface area contributed by atoms with Crippen LogP contribution in [0.2, 0.25) is 0 Å². The molecule has 0 unspecified atom stereocenters. The first-order valence-corrected chi connectivity index (χ1v) is 6.05. The summed E-state index contributed by atoms with van der Waals surface area (Å²) in [5.74, 6) is 1.33. The predicted octanol–water partition coefficient (Wildman–Crippen LogP) is 2.93. The SMILES string of the molecule is COc1cc(N(CCCCl)C(C)C)ccn1. The molecule has 3 nitrogen and oxygen atoms in total. The van der Waals surface area contributed by atoms with E-state index in [9.17, 15) is 0 Å². The summed E-state index contributed by atoms with van der Waals surface area (Å²) in [6.45, 7) is 5.29. The molecule has 1 heterocycles. The van der Waals surface area contributed by atoms with Crippen molar-refractivity contribution < 1.29 is 4.74 Å². The summed E-state index contributed by atoms with van der Waals surface area (Å²) in [5.41, 5.74) is 1.13. The van der Waals surface area contributed by atoms with Gasteiger partial charge in [0.25, 0.3) is 0 Å². The zero-order chi connectivity index (χ0) is 12.0. The van der Waals surface area contributed by atoms with E-state index >= 15 is 0 Å². The second-order valence-electron chi connectivity index (χ2n) is 3.89. The maximum absolute atomic E-state index is 5.73. The predicted molar refractivity (Wildman–Crippen MR) is 68.6 cm³/mol. The second-order valence-corrected chi connectivity index (χ2v) is 4.26. The number of hydrogen-bond donors (Lipinski definition) is 0. The smallest absolute Gasteiger partial charge is 0.214 e. The van der Waals surface area contributed by atoms with E-state index in [0.29, 0.717) is 17.8 Å². The van der Waals surface area contributed by atoms with Crippen molar-refractivity contribution in [3.05, 3.63) is 18.3 Å². The Hall–Kier alpha value is -0.960. The van der Waals surface area contributed by atoms with Crippen LogP contribution >= 0.6 is 11.6 Å². The van der Waals surface area contributed by atoms with Gasteiger partial charge in [-0.15, -0.1) is 11.6 Å². The highest BCUT2D eigenvalue weighted by Crippen LogP contribution is 2.20. The fourth-order valence-corrected chi connectivity index (χ4v) is 1.72. The third kappa shape index (κ3) is 3.56. The average Bonchev–Trinajstić information content (AvgIpc) is 2.29. The van der Waals surface area contributed by atoms with Crippen LogP contribution in [0.3, 0.4) is 0 Å². The van der Waals surface area contributed by atoms with Crippen molar-refractivity contribution in [3.8, 4) is 5.88 Å². The first kappa shape index (κ1) is 13.1. The van der Waals surface area contributed by atoms with Crippen LogP contribution in [0.1, 0.15) is 20.3 Å². The van der Waals surface area contributed by atoms with Crippen LogP contribution in [0.4, 0.5) is 5.69 Å². The highest BCUT2D eigenvalue weighted by atomic mass is 35.5. The molecule has 1 rings (SSSR count). The van der Waals surface area contributed by atoms with Crippen LogP contribution in [-0.4, -0.2) is 30.6 Å². The van der Waals surface area contributed by atoms with E-state index in [1.54, 1.807) is 13.3 Å². The van der Waals surface area contributed by atoms with Crippen LogP contribution in [0, 0.1) is 0 Å². The molecule has 0 aliphatic carbocycles. The number of anilines is 1. The standard InChI is InChI=1S/C12H19ClN2O/c1-10(2)15(8-4-6-13)11-5-7-14-12(9-11)16-3/h5,7,9-10H,4,6,8H2,1-3H3. The molecule has 0 amide bonds. The molecule has 0 radical (unpaired) electrons. The van der Waals surface area contributed by atoms with Gasteiger partial charge in [-0.2, -0.15) is 0 Å². The molecule has 16 heavy (non-hydrogen) atoms. The number of rotatable bonds is 6. The van der Waals surface area contributed by atoms with E-state index in [1.807, 2.05) is 12.1 Å². The van der Waals surface area contributed by atoms with Crippen LogP contribution < -0.4 is 9.64 Å². The lowest BCUT2D eigenvalue weighted by Crippen LogP contribution is -2.31. The molecule has 0 saturated heterocycles. The first-order chi connectivity index (χ1) is 7.69. The largest absolute Gasteiger partial charge is 0.481 e. The fourth-order valence-electron chi connectivity index (χ4n) is 1.60. The molecule has 0 aliphatic heterocycles. The molecule has 90 valence electrons. The van der Waals surface area contributed by atoms with E-state index in [1.165, 1.54) is 0 Å². The zero-order valence-electron chi connectivity index (χ0n) is 10.1. The van der Waals surface area contributed by atoms with Crippen molar-refractivity contribution in [1.82, 2.24) is 4.98 Å². The number of alkyl halides is 1. The molecule has 1 aromatic heterocycles. The molecule has 0 N–H and O–H groups in total. The Morgan fingerprint density at radius 2 is 2.25 bits per heavy atom. The molecule has 0 saturated carbocycles. The van der Waals surface area contributed by atoms with Gasteiger partial charge in [0.1, 0.15) is 0 Å². The summed E-state index contributed by atoms with van der Waals surface area (Å²) < 4.78 is 5.13. The van der Waals surface area contributed by atoms with Crippen molar-refractivity contribution in [2.75, 3.05) is 24.4 Å². The van der Waals surface area contributed by atoms with Crippen LogP contribution in [0.5, 0.6) is 5.88 Å². The van der Waals surface area contributed by atoms with E-state index in [4.69, 9.17) is 16.3 Å². The number of aromatic nitrogens is 1. The minimum atomic E-state index is 0.440. The Morgan fingerprint density at radius 3 is 2.81 bits per heavy atom. The average molecular weight is 243 g/mol. The van der Waals surface area contributed by atoms with Crippen molar-refractivity contribution in [3.63, 3.8) is 0 Å². The van der Waals surface area contributed by atoms with E-state index in [2.05, 4.69) is 23.7 Å². The van der Waals surface area contributed by atoms with Gasteiger partial charge in [0.05, 0.1) is 7.11 Å². The Balaban J connectivity index is 2.82. The quantitative estimate of drug-likeness (QED) is 0.718. The first-order valence-electron chi connectivity index (χ1n) is 5.51. The molecule has 4 heteroatoms. The van der Waals surface area contributed by atoms with Gasteiger partial charge < -0.3 is 9.64 Å². The molecule has 0 fully saturated rings. The molecular weight excluding hydrogens is 224 g/mol. The normalized spacial score (nSPS) is 10.6. The van der Waals surface area contributed by atoms with Crippen molar-refractivity contribution in [1.29, 1.82) is 0 Å². The van der Waals surface area contributed by atoms with Crippen LogP contribution in [-0.2, 0) is 0 Å². The zero-order valence-corrected chi connectivity index (χ0v) is 10.9. The maximum atomic E-state index is 5.73. The minimum absolute atomic E-state index is 0.440. The Kier molecular flexibility index (Phi) is 5.39. The number of pyridine rings is 1. The molecule has 0 spiro atoms. The molecule has 0 aliphatic rings. The minimum Gasteiger partial charge on any atom is -0.481 e. The summed E-state index contributed by atoms with van der Waals surface area (Å²) in [6, 6.07) is 4.39. The van der Waals surface area contributed by atoms with Gasteiger partial charge in [-0.3, -0.25) is 0 Å². The third-order valence-corrected chi connectivity index (χ3v) is 2.68. The van der Waals surface area contributed by atoms with Gasteiger partial charge in [0.15, 0.2) is 0 Å². The van der Waals surface area contributed by atoms with Gasteiger partial charge in [0.2, 0.25) is 5.88 Å². The Morgan fingerprint density at radius 1 is 1.50 bits per heavy atom. The summed E-state index contributed by atoms with van der Waals surface area (Å²) in [6.07, 6.45) is 2.74. The summed E-state index contributed by atoms with van der Waals surface area (Å²) >= 11 is 5.73. The monoisotopic (exact) mass is 242 g/mol. The van der Waals surface area contributed by atoms with E-state index in [-0.39, 0.29) is 0 Å². The Labute approximate surface area is 102 Å². The molecule has 0 bridgehead atoms. The number of hydrogen-bond acceptors (Lipinski definition) is 3. The van der Waals surface area contributed by atoms with Gasteiger partial charge in [-0.05, 0) is 26.3 Å². The summed E-state index contributed by atoms with van der Waals surface area (Å²) in [5, 5.41) is 0. The topological polar surface area (TPSA) is 25.4 Å². The number of halogens is 1. The maximum Gasteiger partial charge on any atom is 0.214 e. The van der Waals surface area contributed by atoms with Gasteiger partial charge in [0, 0.05) is 36.4 Å². The highest BCUT2D eigenvalue weighted by Gasteiger charge is 2.10. The number of methoxy groups -OCH3 is 1. The van der Waals surface area contributed by atoms with Gasteiger partial charge >= 0.3 is 0 Å². The number of nitrogens with zero attached hydrogens (tertiary/aromatic N) is 2. The lowest BCUT2D eigenvalue weighted by Gasteiger charge is -2.28. The van der Waals surface area contributed by atoms with E-state index < -0.39 is 0 Å². The van der Waals surface area contributed by atoms with Gasteiger partial charge in [-0.1, -0.05) is 0 Å². The fraction of sp³-hybridized carbons (Fsp3) is 0.583. The number of ether oxygens (including phenoxy) is 1. The summed E-state index contributed by atoms with van der Waals surface area (Å²) in [7, 11) is 1.63. The van der Waals surface area contributed by atoms with Crippen LogP contribution in [0.15, 0.2) is 18.3 Å². The third-order valence-electron chi connectivity index (χ3n) is 2.42. The Bertz CT molecular complexity index is 318. The van der Waals surface area contributed by atoms with Crippen molar-refractivity contribution >= 4 is 17.3 Å². The molecule has 1 aromatic rings. The van der Waals surface area contributed by atoms with Crippen molar-refractivity contribution in [2.45, 2.75) is 26.3 Å².